The van der Waals surface area contributed by atoms with Crippen molar-refractivity contribution in [2.24, 2.45) is 7.05 Å². The first-order valence-corrected chi connectivity index (χ1v) is 20.9. The number of hydrogen-bond donors (Lipinski definition) is 1. The number of sulfonamides is 1. The van der Waals surface area contributed by atoms with Gasteiger partial charge in [0.15, 0.2) is 0 Å². The number of nitrogens with zero attached hydrogens (tertiary/aromatic N) is 4. The lowest BCUT2D eigenvalue weighted by Crippen LogP contribution is -2.48. The summed E-state index contributed by atoms with van der Waals surface area (Å²) in [5, 5.41) is 5.28. The Hall–Kier alpha value is -4.42. The number of aryl methyl sites for hydroxylation is 1. The number of carbonyl (C=O) groups is 2. The Morgan fingerprint density at radius 2 is 1.67 bits per heavy atom. The molecule has 288 valence electrons. The molecule has 7 rings (SSSR count). The molecule has 4 aromatic rings. The second-order valence-electron chi connectivity index (χ2n) is 15.9. The van der Waals surface area contributed by atoms with Crippen molar-refractivity contribution in [2.75, 3.05) is 20.2 Å². The number of morpholine rings is 1. The van der Waals surface area contributed by atoms with Crippen LogP contribution >= 0.6 is 0 Å². The lowest BCUT2D eigenvalue weighted by atomic mass is 9.81. The van der Waals surface area contributed by atoms with Crippen molar-refractivity contribution in [3.05, 3.63) is 70.0 Å². The molecule has 0 spiro atoms. The molecule has 3 aliphatic rings. The fourth-order valence-corrected chi connectivity index (χ4v) is 9.27. The van der Waals surface area contributed by atoms with E-state index in [0.29, 0.717) is 31.1 Å². The van der Waals surface area contributed by atoms with Crippen LogP contribution in [0, 0.1) is 0 Å². The molecule has 1 saturated carbocycles. The van der Waals surface area contributed by atoms with Crippen LogP contribution in [0.4, 0.5) is 0 Å². The van der Waals surface area contributed by atoms with E-state index in [2.05, 4.69) is 41.3 Å². The summed E-state index contributed by atoms with van der Waals surface area (Å²) in [6.45, 7) is 12.6. The van der Waals surface area contributed by atoms with Crippen molar-refractivity contribution >= 4 is 44.4 Å². The van der Waals surface area contributed by atoms with E-state index in [1.54, 1.807) is 27.0 Å². The summed E-state index contributed by atoms with van der Waals surface area (Å²) in [5.74, 6) is 0.291. The third-order valence-electron chi connectivity index (χ3n) is 11.3. The van der Waals surface area contributed by atoms with Crippen LogP contribution in [0.5, 0.6) is 5.75 Å². The van der Waals surface area contributed by atoms with E-state index < -0.39 is 21.2 Å². The third-order valence-corrected chi connectivity index (χ3v) is 13.0. The molecule has 2 fully saturated rings. The number of carbonyl (C=O) groups excluding carboxylic acids is 2. The lowest BCUT2D eigenvalue weighted by molar-refractivity contribution is -0.0586. The molecule has 54 heavy (non-hydrogen) atoms. The van der Waals surface area contributed by atoms with Crippen LogP contribution < -0.4 is 9.46 Å². The Morgan fingerprint density at radius 1 is 0.963 bits per heavy atom. The number of allylic oxidation sites excluding steroid dienone is 1. The van der Waals surface area contributed by atoms with Crippen LogP contribution in [0.3, 0.4) is 0 Å². The molecule has 0 radical (unpaired) electrons. The summed E-state index contributed by atoms with van der Waals surface area (Å²) in [7, 11) is -0.278. The van der Waals surface area contributed by atoms with Crippen molar-refractivity contribution in [1.29, 1.82) is 0 Å². The van der Waals surface area contributed by atoms with Gasteiger partial charge < -0.3 is 18.9 Å². The molecule has 2 amide bonds. The van der Waals surface area contributed by atoms with E-state index in [-0.39, 0.29) is 29.6 Å². The second-order valence-corrected chi connectivity index (χ2v) is 18.2. The first-order valence-electron chi connectivity index (χ1n) is 19.3. The Balaban J connectivity index is 1.48. The molecule has 2 aromatic heterocycles. The van der Waals surface area contributed by atoms with Gasteiger partial charge in [-0.15, -0.1) is 0 Å². The smallest absolute Gasteiger partial charge is 0.264 e. The summed E-state index contributed by atoms with van der Waals surface area (Å²) in [4.78, 5) is 30.2. The summed E-state index contributed by atoms with van der Waals surface area (Å²) in [6.07, 6.45) is 7.57. The largest absolute Gasteiger partial charge is 0.497 e. The Morgan fingerprint density at radius 3 is 2.31 bits per heavy atom. The maximum Gasteiger partial charge on any atom is 0.264 e. The Bertz CT molecular complexity index is 2250. The monoisotopic (exact) mass is 755 g/mol. The highest BCUT2D eigenvalue weighted by Crippen LogP contribution is 2.48. The normalized spacial score (nSPS) is 19.4. The van der Waals surface area contributed by atoms with Crippen LogP contribution in [-0.2, 0) is 28.4 Å². The third kappa shape index (κ3) is 6.87. The lowest BCUT2D eigenvalue weighted by Gasteiger charge is -2.35. The average molecular weight is 756 g/mol. The van der Waals surface area contributed by atoms with E-state index in [9.17, 15) is 18.0 Å². The number of fused-ring (bicyclic) bond motifs is 5. The van der Waals surface area contributed by atoms with Gasteiger partial charge in [0.25, 0.3) is 11.8 Å². The van der Waals surface area contributed by atoms with Gasteiger partial charge in [0.05, 0.1) is 53.8 Å². The van der Waals surface area contributed by atoms with Gasteiger partial charge >= 0.3 is 0 Å². The zero-order valence-electron chi connectivity index (χ0n) is 32.7. The van der Waals surface area contributed by atoms with Crippen LogP contribution in [0.15, 0.2) is 36.4 Å². The van der Waals surface area contributed by atoms with E-state index in [1.807, 2.05) is 48.7 Å². The molecule has 1 N–H and O–H groups in total. The molecular weight excluding hydrogens is 703 g/mol. The minimum Gasteiger partial charge on any atom is -0.497 e. The van der Waals surface area contributed by atoms with E-state index >= 15 is 0 Å². The van der Waals surface area contributed by atoms with Gasteiger partial charge in [-0.2, -0.15) is 5.10 Å². The number of hydrogen-bond acceptors (Lipinski definition) is 7. The van der Waals surface area contributed by atoms with Crippen LogP contribution in [-0.4, -0.2) is 77.1 Å². The van der Waals surface area contributed by atoms with Gasteiger partial charge in [-0.05, 0) is 105 Å². The number of ether oxygens (including phenoxy) is 2. The molecule has 2 atom stereocenters. The van der Waals surface area contributed by atoms with Crippen LogP contribution in [0.2, 0.25) is 0 Å². The molecule has 12 heteroatoms. The number of aromatic nitrogens is 3. The van der Waals surface area contributed by atoms with Gasteiger partial charge in [-0.3, -0.25) is 14.3 Å². The molecule has 0 unspecified atom stereocenters. The number of nitrogens with one attached hydrogen (secondary N) is 1. The minimum atomic E-state index is -3.85. The zero-order chi connectivity index (χ0) is 38.6. The fraction of sp³-hybridized carbons (Fsp3) is 0.500. The van der Waals surface area contributed by atoms with Crippen molar-refractivity contribution in [1.82, 2.24) is 24.0 Å². The molecule has 2 aromatic carbocycles. The molecule has 1 aliphatic carbocycles. The molecular formula is C42H53N5O6S. The summed E-state index contributed by atoms with van der Waals surface area (Å²) >= 11 is 0. The highest BCUT2D eigenvalue weighted by molar-refractivity contribution is 7.90. The summed E-state index contributed by atoms with van der Waals surface area (Å²) < 4.78 is 43.7. The SMILES string of the molecule is COc1ccc2c(c1)C=C(c1c(C(=O)N3C[C@@H](C)O[C@@H](C)C3)c(C(C)C)nn1C)Cn1c-2c(C2CCCCC2)c2ccc(C(=O)NS(=O)(=O)C(C)C)cc21. The average Bonchev–Trinajstić information content (AvgIpc) is 3.59. The first kappa shape index (κ1) is 37.9. The van der Waals surface area contributed by atoms with E-state index in [0.717, 1.165) is 76.1 Å². The number of benzene rings is 2. The quantitative estimate of drug-likeness (QED) is 0.198. The zero-order valence-corrected chi connectivity index (χ0v) is 33.5. The Kier molecular flexibility index (Phi) is 10.3. The van der Waals surface area contributed by atoms with Gasteiger partial charge in [-0.1, -0.05) is 39.2 Å². The van der Waals surface area contributed by atoms with Crippen molar-refractivity contribution in [3.8, 4) is 17.0 Å². The number of amides is 2. The minimum absolute atomic E-state index is 0.0115. The predicted octanol–water partition coefficient (Wildman–Crippen LogP) is 7.49. The maximum atomic E-state index is 14.7. The topological polar surface area (TPSA) is 125 Å². The van der Waals surface area contributed by atoms with Crippen molar-refractivity contribution in [3.63, 3.8) is 0 Å². The van der Waals surface area contributed by atoms with Gasteiger partial charge in [-0.25, -0.2) is 13.1 Å². The first-order chi connectivity index (χ1) is 25.7. The van der Waals surface area contributed by atoms with Crippen molar-refractivity contribution < 1.29 is 27.5 Å². The maximum absolute atomic E-state index is 14.7. The van der Waals surface area contributed by atoms with Gasteiger partial charge in [0, 0.05) is 42.2 Å². The van der Waals surface area contributed by atoms with Crippen LogP contribution in [0.25, 0.3) is 33.8 Å². The van der Waals surface area contributed by atoms with Gasteiger partial charge in [0.2, 0.25) is 10.0 Å². The second kappa shape index (κ2) is 14.7. The van der Waals surface area contributed by atoms with Gasteiger partial charge in [0.1, 0.15) is 5.75 Å². The Labute approximate surface area is 318 Å². The molecule has 0 bridgehead atoms. The predicted molar refractivity (Wildman–Crippen MR) is 212 cm³/mol. The molecule has 4 heterocycles. The summed E-state index contributed by atoms with van der Waals surface area (Å²) in [5.41, 5.74) is 8.39. The fourth-order valence-electron chi connectivity index (χ4n) is 8.66. The number of methoxy groups -OCH3 is 1. The molecule has 1 saturated heterocycles. The highest BCUT2D eigenvalue weighted by Gasteiger charge is 2.36. The standard InChI is InChI=1S/C42H53N5O6S/c1-24(2)38-37(42(49)46-21-26(5)53-27(6)22-46)39(45(7)43-38)31-18-30-19-32(52-8)15-17-33(30)40-36(28-12-10-9-11-13-28)34-16-14-29(20-35(34)47(40)23-31)41(48)44-54(50,51)25(3)4/h14-20,24-28H,9-13,21-23H2,1-8H3,(H,44,48)/t26-,27+. The van der Waals surface area contributed by atoms with Crippen LogP contribution in [0.1, 0.15) is 129 Å². The van der Waals surface area contributed by atoms with E-state index in [1.165, 1.54) is 12.0 Å². The number of rotatable bonds is 8. The van der Waals surface area contributed by atoms with E-state index in [4.69, 9.17) is 14.6 Å². The molecule has 2 aliphatic heterocycles. The molecule has 11 nitrogen and oxygen atoms in total. The summed E-state index contributed by atoms with van der Waals surface area (Å²) in [6, 6.07) is 11.7. The van der Waals surface area contributed by atoms with Crippen molar-refractivity contribution in [2.45, 2.75) is 109 Å². The highest BCUT2D eigenvalue weighted by atomic mass is 32.2.